The molecular weight excluding hydrogens is 258 g/mol. The number of unbranched alkanes of at least 4 members (excludes halogenated alkanes) is 2. The second kappa shape index (κ2) is 8.96. The Morgan fingerprint density at radius 1 is 1.19 bits per heavy atom. The van der Waals surface area contributed by atoms with Crippen molar-refractivity contribution in [3.8, 4) is 0 Å². The number of hydrogen-bond donors (Lipinski definition) is 0. The van der Waals surface area contributed by atoms with Crippen molar-refractivity contribution in [1.82, 2.24) is 4.98 Å². The predicted molar refractivity (Wildman–Crippen MR) is 87.5 cm³/mol. The molecule has 1 aromatic heterocycles. The van der Waals surface area contributed by atoms with Gasteiger partial charge in [0.1, 0.15) is 6.29 Å². The topological polar surface area (TPSA) is 30.0 Å². The number of carbonyl (C=O) groups excluding carboxylic acids is 1. The van der Waals surface area contributed by atoms with Gasteiger partial charge in [0.25, 0.3) is 0 Å². The molecule has 2 rings (SSSR count). The Hall–Kier alpha value is -1.18. The van der Waals surface area contributed by atoms with Gasteiger partial charge in [-0.1, -0.05) is 32.3 Å². The molecule has 2 nitrogen and oxygen atoms in total. The fourth-order valence-electron chi connectivity index (χ4n) is 3.45. The van der Waals surface area contributed by atoms with Crippen LogP contribution in [0.25, 0.3) is 0 Å². The van der Waals surface area contributed by atoms with E-state index in [0.717, 1.165) is 25.0 Å². The van der Waals surface area contributed by atoms with E-state index in [1.165, 1.54) is 56.2 Å². The first-order chi connectivity index (χ1) is 10.3. The van der Waals surface area contributed by atoms with Crippen LogP contribution in [0.15, 0.2) is 18.3 Å². The Bertz CT molecular complexity index is 404. The first-order valence-electron chi connectivity index (χ1n) is 8.72. The molecule has 1 saturated carbocycles. The summed E-state index contributed by atoms with van der Waals surface area (Å²) in [5.74, 6) is 1.63. The molecule has 1 aromatic rings. The first-order valence-corrected chi connectivity index (χ1v) is 8.72. The number of rotatable bonds is 8. The molecule has 1 aliphatic rings. The van der Waals surface area contributed by atoms with Crippen LogP contribution in [0.5, 0.6) is 0 Å². The molecule has 0 spiro atoms. The van der Waals surface area contributed by atoms with Crippen molar-refractivity contribution >= 4 is 6.29 Å². The number of pyridine rings is 1. The van der Waals surface area contributed by atoms with Gasteiger partial charge in [-0.25, -0.2) is 0 Å². The van der Waals surface area contributed by atoms with Crippen molar-refractivity contribution in [2.45, 2.75) is 77.0 Å². The van der Waals surface area contributed by atoms with Crippen LogP contribution in [0.3, 0.4) is 0 Å². The minimum absolute atomic E-state index is 0.656. The minimum Gasteiger partial charge on any atom is -0.303 e. The van der Waals surface area contributed by atoms with Gasteiger partial charge >= 0.3 is 0 Å². The van der Waals surface area contributed by atoms with Crippen molar-refractivity contribution in [2.24, 2.45) is 5.92 Å². The molecule has 0 bridgehead atoms. The molecule has 0 unspecified atom stereocenters. The Morgan fingerprint density at radius 2 is 2.00 bits per heavy atom. The summed E-state index contributed by atoms with van der Waals surface area (Å²) in [5.41, 5.74) is 2.54. The highest BCUT2D eigenvalue weighted by Gasteiger charge is 2.22. The number of aldehydes is 1. The van der Waals surface area contributed by atoms with Gasteiger partial charge in [0.2, 0.25) is 0 Å². The quantitative estimate of drug-likeness (QED) is 0.493. The maximum Gasteiger partial charge on any atom is 0.120 e. The molecule has 0 aromatic carbocycles. The molecule has 1 aliphatic carbocycles. The first kappa shape index (κ1) is 16.2. The maximum absolute atomic E-state index is 10.3. The predicted octanol–water partition coefficient (Wildman–Crippen LogP) is 5.07. The van der Waals surface area contributed by atoms with Gasteiger partial charge in [-0.05, 0) is 56.1 Å². The lowest BCUT2D eigenvalue weighted by molar-refractivity contribution is -0.107. The van der Waals surface area contributed by atoms with Gasteiger partial charge in [0.05, 0.1) is 0 Å². The minimum atomic E-state index is 0.656. The van der Waals surface area contributed by atoms with Crippen molar-refractivity contribution in [2.75, 3.05) is 0 Å². The highest BCUT2D eigenvalue weighted by Crippen LogP contribution is 2.36. The maximum atomic E-state index is 10.3. The molecule has 0 amide bonds. The molecule has 0 atom stereocenters. The van der Waals surface area contributed by atoms with E-state index >= 15 is 0 Å². The van der Waals surface area contributed by atoms with Crippen LogP contribution in [0, 0.1) is 5.92 Å². The van der Waals surface area contributed by atoms with Crippen LogP contribution in [0.4, 0.5) is 0 Å². The highest BCUT2D eigenvalue weighted by molar-refractivity contribution is 5.49. The number of aromatic nitrogens is 1. The van der Waals surface area contributed by atoms with Crippen molar-refractivity contribution in [3.05, 3.63) is 29.6 Å². The number of aryl methyl sites for hydroxylation is 1. The van der Waals surface area contributed by atoms with Gasteiger partial charge < -0.3 is 4.79 Å². The molecule has 0 radical (unpaired) electrons. The summed E-state index contributed by atoms with van der Waals surface area (Å²) >= 11 is 0. The molecule has 116 valence electrons. The largest absolute Gasteiger partial charge is 0.303 e. The van der Waals surface area contributed by atoms with Gasteiger partial charge in [0.15, 0.2) is 0 Å². The van der Waals surface area contributed by atoms with Crippen LogP contribution < -0.4 is 0 Å². The zero-order valence-electron chi connectivity index (χ0n) is 13.4. The van der Waals surface area contributed by atoms with E-state index in [2.05, 4.69) is 24.0 Å². The van der Waals surface area contributed by atoms with E-state index in [1.807, 2.05) is 6.20 Å². The lowest BCUT2D eigenvalue weighted by Gasteiger charge is -2.28. The summed E-state index contributed by atoms with van der Waals surface area (Å²) in [6, 6.07) is 4.42. The molecule has 0 N–H and O–H groups in total. The Kier molecular flexibility index (Phi) is 6.91. The van der Waals surface area contributed by atoms with Crippen molar-refractivity contribution < 1.29 is 4.79 Å². The lowest BCUT2D eigenvalue weighted by Crippen LogP contribution is -2.14. The SMILES string of the molecule is CCCC[C@H]1CC[C@H](c2ccc(CCCC=O)cn2)CC1. The highest BCUT2D eigenvalue weighted by atomic mass is 16.1. The summed E-state index contributed by atoms with van der Waals surface area (Å²) in [6.45, 7) is 2.28. The number of hydrogen-bond acceptors (Lipinski definition) is 2. The standard InChI is InChI=1S/C19H29NO/c1-2-3-6-16-8-11-18(12-9-16)19-13-10-17(15-20-19)7-4-5-14-21/h10,13-16,18H,2-9,11-12H2,1H3/t16-,18-. The Balaban J connectivity index is 1.79. The van der Waals surface area contributed by atoms with E-state index in [1.54, 1.807) is 0 Å². The fourth-order valence-corrected chi connectivity index (χ4v) is 3.45. The molecule has 21 heavy (non-hydrogen) atoms. The molecule has 0 saturated heterocycles. The summed E-state index contributed by atoms with van der Waals surface area (Å²) in [5, 5.41) is 0. The van der Waals surface area contributed by atoms with Gasteiger partial charge in [-0.15, -0.1) is 0 Å². The van der Waals surface area contributed by atoms with E-state index in [9.17, 15) is 4.79 Å². The third kappa shape index (κ3) is 5.26. The third-order valence-electron chi connectivity index (χ3n) is 4.87. The van der Waals surface area contributed by atoms with Crippen LogP contribution >= 0.6 is 0 Å². The zero-order valence-corrected chi connectivity index (χ0v) is 13.4. The van der Waals surface area contributed by atoms with Gasteiger partial charge in [0, 0.05) is 24.2 Å². The third-order valence-corrected chi connectivity index (χ3v) is 4.87. The van der Waals surface area contributed by atoms with Gasteiger partial charge in [-0.2, -0.15) is 0 Å². The van der Waals surface area contributed by atoms with E-state index in [0.29, 0.717) is 12.3 Å². The second-order valence-electron chi connectivity index (χ2n) is 6.51. The zero-order chi connectivity index (χ0) is 14.9. The molecule has 0 aliphatic heterocycles. The van der Waals surface area contributed by atoms with E-state index < -0.39 is 0 Å². The van der Waals surface area contributed by atoms with Crippen LogP contribution in [0.1, 0.15) is 81.9 Å². The van der Waals surface area contributed by atoms with Crippen LogP contribution in [-0.2, 0) is 11.2 Å². The summed E-state index contributed by atoms with van der Waals surface area (Å²) in [4.78, 5) is 15.0. The molecule has 1 fully saturated rings. The van der Waals surface area contributed by atoms with Crippen molar-refractivity contribution in [3.63, 3.8) is 0 Å². The number of carbonyl (C=O) groups is 1. The molecule has 2 heteroatoms. The fraction of sp³-hybridized carbons (Fsp3) is 0.684. The summed E-state index contributed by atoms with van der Waals surface area (Å²) < 4.78 is 0. The monoisotopic (exact) mass is 287 g/mol. The Morgan fingerprint density at radius 3 is 2.62 bits per heavy atom. The lowest BCUT2D eigenvalue weighted by atomic mass is 9.78. The van der Waals surface area contributed by atoms with E-state index in [4.69, 9.17) is 0 Å². The Labute approximate surface area is 129 Å². The summed E-state index contributed by atoms with van der Waals surface area (Å²) in [6.07, 6.45) is 15.1. The average Bonchev–Trinajstić information content (AvgIpc) is 2.54. The van der Waals surface area contributed by atoms with Crippen molar-refractivity contribution in [1.29, 1.82) is 0 Å². The average molecular weight is 287 g/mol. The normalized spacial score (nSPS) is 22.1. The van der Waals surface area contributed by atoms with Gasteiger partial charge in [-0.3, -0.25) is 4.98 Å². The second-order valence-corrected chi connectivity index (χ2v) is 6.51. The van der Waals surface area contributed by atoms with E-state index in [-0.39, 0.29) is 0 Å². The molecule has 1 heterocycles. The molecular formula is C19H29NO. The number of nitrogens with zero attached hydrogens (tertiary/aromatic N) is 1. The summed E-state index contributed by atoms with van der Waals surface area (Å²) in [7, 11) is 0. The smallest absolute Gasteiger partial charge is 0.120 e. The van der Waals surface area contributed by atoms with Crippen LogP contribution in [-0.4, -0.2) is 11.3 Å². The van der Waals surface area contributed by atoms with Crippen LogP contribution in [0.2, 0.25) is 0 Å².